The van der Waals surface area contributed by atoms with Gasteiger partial charge in [0.25, 0.3) is 0 Å². The smallest absolute Gasteiger partial charge is 0.137 e. The van der Waals surface area contributed by atoms with Crippen LogP contribution >= 0.6 is 0 Å². The van der Waals surface area contributed by atoms with Crippen molar-refractivity contribution in [2.75, 3.05) is 6.54 Å². The number of fused-ring (bicyclic) bond motifs is 1. The van der Waals surface area contributed by atoms with Gasteiger partial charge in [-0.15, -0.1) is 0 Å². The number of aryl methyl sites for hydroxylation is 1. The lowest BCUT2D eigenvalue weighted by molar-refractivity contribution is 0.242. The zero-order valence-corrected chi connectivity index (χ0v) is 13.9. The molecule has 2 aromatic heterocycles. The first-order valence-corrected chi connectivity index (χ1v) is 8.03. The fraction of sp³-hybridized carbons (Fsp3) is 0.316. The zero-order chi connectivity index (χ0) is 16.4. The van der Waals surface area contributed by atoms with E-state index in [0.717, 1.165) is 34.8 Å². The van der Waals surface area contributed by atoms with Crippen molar-refractivity contribution in [1.29, 1.82) is 0 Å². The summed E-state index contributed by atoms with van der Waals surface area (Å²) in [6.07, 6.45) is 3.04. The highest BCUT2D eigenvalue weighted by molar-refractivity contribution is 5.67. The molecule has 3 rings (SSSR count). The summed E-state index contributed by atoms with van der Waals surface area (Å²) in [6.45, 7) is 6.73. The van der Waals surface area contributed by atoms with E-state index in [2.05, 4.69) is 41.8 Å². The molecule has 0 atom stereocenters. The molecule has 0 spiro atoms. The number of aromatic nitrogens is 2. The van der Waals surface area contributed by atoms with Crippen molar-refractivity contribution in [1.82, 2.24) is 9.38 Å². The van der Waals surface area contributed by atoms with Crippen LogP contribution in [0, 0.1) is 6.92 Å². The summed E-state index contributed by atoms with van der Waals surface area (Å²) < 4.78 is 7.84. The van der Waals surface area contributed by atoms with Gasteiger partial charge in [0, 0.05) is 18.2 Å². The molecule has 0 aliphatic rings. The van der Waals surface area contributed by atoms with Gasteiger partial charge in [-0.25, -0.2) is 4.98 Å². The largest absolute Gasteiger partial charge is 0.491 e. The molecule has 2 heterocycles. The average Bonchev–Trinajstić information content (AvgIpc) is 2.86. The van der Waals surface area contributed by atoms with E-state index in [1.54, 1.807) is 0 Å². The second kappa shape index (κ2) is 6.42. The minimum absolute atomic E-state index is 0.173. The van der Waals surface area contributed by atoms with Gasteiger partial charge < -0.3 is 14.9 Å². The molecule has 4 nitrogen and oxygen atoms in total. The van der Waals surface area contributed by atoms with E-state index in [1.165, 1.54) is 5.56 Å². The summed E-state index contributed by atoms with van der Waals surface area (Å²) in [5.41, 5.74) is 11.2. The van der Waals surface area contributed by atoms with E-state index in [4.69, 9.17) is 15.5 Å². The third-order valence-electron chi connectivity index (χ3n) is 3.76. The van der Waals surface area contributed by atoms with Crippen molar-refractivity contribution in [2.45, 2.75) is 33.3 Å². The van der Waals surface area contributed by atoms with Gasteiger partial charge >= 0.3 is 0 Å². The predicted octanol–water partition coefficient (Wildman–Crippen LogP) is 3.60. The molecule has 0 aliphatic heterocycles. The number of nitrogens with zero attached hydrogens (tertiary/aromatic N) is 2. The van der Waals surface area contributed by atoms with Gasteiger partial charge in [0.05, 0.1) is 17.5 Å². The normalized spacial score (nSPS) is 11.3. The van der Waals surface area contributed by atoms with Crippen LogP contribution in [-0.4, -0.2) is 22.0 Å². The molecule has 0 saturated heterocycles. The van der Waals surface area contributed by atoms with Gasteiger partial charge in [-0.05, 0) is 69.3 Å². The summed E-state index contributed by atoms with van der Waals surface area (Å²) >= 11 is 0. The average molecular weight is 309 g/mol. The molecule has 4 heteroatoms. The number of hydrogen-bond donors (Lipinski definition) is 1. The van der Waals surface area contributed by atoms with Gasteiger partial charge in [-0.2, -0.15) is 0 Å². The van der Waals surface area contributed by atoms with Gasteiger partial charge in [0.15, 0.2) is 0 Å². The van der Waals surface area contributed by atoms with E-state index in [0.29, 0.717) is 6.54 Å². The van der Waals surface area contributed by atoms with Crippen molar-refractivity contribution in [3.8, 4) is 17.0 Å². The number of benzene rings is 1. The van der Waals surface area contributed by atoms with Crippen LogP contribution in [0.3, 0.4) is 0 Å². The fourth-order valence-corrected chi connectivity index (χ4v) is 2.77. The maximum Gasteiger partial charge on any atom is 0.137 e. The first kappa shape index (κ1) is 15.6. The number of nitrogens with two attached hydrogens (primary N) is 1. The Kier molecular flexibility index (Phi) is 4.35. The van der Waals surface area contributed by atoms with Crippen LogP contribution in [0.25, 0.3) is 16.9 Å². The van der Waals surface area contributed by atoms with Crippen LogP contribution in [0.5, 0.6) is 5.75 Å². The van der Waals surface area contributed by atoms with Crippen LogP contribution in [0.15, 0.2) is 42.6 Å². The summed E-state index contributed by atoms with van der Waals surface area (Å²) in [6, 6.07) is 12.3. The van der Waals surface area contributed by atoms with Crippen molar-refractivity contribution in [3.05, 3.63) is 53.9 Å². The molecule has 0 radical (unpaired) electrons. The van der Waals surface area contributed by atoms with Crippen LogP contribution in [-0.2, 0) is 6.42 Å². The van der Waals surface area contributed by atoms with E-state index < -0.39 is 0 Å². The molecular formula is C19H23N3O. The molecular weight excluding hydrogens is 286 g/mol. The Morgan fingerprint density at radius 1 is 1.17 bits per heavy atom. The second-order valence-corrected chi connectivity index (χ2v) is 6.07. The molecule has 0 unspecified atom stereocenters. The number of hydrogen-bond acceptors (Lipinski definition) is 3. The molecule has 2 N–H and O–H groups in total. The maximum absolute atomic E-state index is 5.81. The SMILES string of the molecule is Cc1ccn2c(CCN)c(-c3ccc(OC(C)C)cc3)nc2c1. The van der Waals surface area contributed by atoms with Gasteiger partial charge in [-0.3, -0.25) is 0 Å². The van der Waals surface area contributed by atoms with E-state index in [1.807, 2.05) is 26.0 Å². The molecule has 120 valence electrons. The number of rotatable bonds is 5. The lowest BCUT2D eigenvalue weighted by Gasteiger charge is -2.10. The van der Waals surface area contributed by atoms with Crippen molar-refractivity contribution < 1.29 is 4.74 Å². The Morgan fingerprint density at radius 3 is 2.57 bits per heavy atom. The van der Waals surface area contributed by atoms with Gasteiger partial charge in [0.1, 0.15) is 11.4 Å². The highest BCUT2D eigenvalue weighted by atomic mass is 16.5. The number of ether oxygens (including phenoxy) is 1. The minimum Gasteiger partial charge on any atom is -0.491 e. The second-order valence-electron chi connectivity index (χ2n) is 6.07. The Morgan fingerprint density at radius 2 is 1.91 bits per heavy atom. The van der Waals surface area contributed by atoms with E-state index >= 15 is 0 Å². The summed E-state index contributed by atoms with van der Waals surface area (Å²) in [5, 5.41) is 0. The molecule has 0 saturated carbocycles. The molecule has 0 aliphatic carbocycles. The lowest BCUT2D eigenvalue weighted by Crippen LogP contribution is -2.06. The first-order chi connectivity index (χ1) is 11.1. The Bertz CT molecular complexity index is 803. The monoisotopic (exact) mass is 309 g/mol. The number of pyridine rings is 1. The van der Waals surface area contributed by atoms with Crippen molar-refractivity contribution >= 4 is 5.65 Å². The first-order valence-electron chi connectivity index (χ1n) is 8.03. The fourth-order valence-electron chi connectivity index (χ4n) is 2.77. The third kappa shape index (κ3) is 3.22. The van der Waals surface area contributed by atoms with E-state index in [9.17, 15) is 0 Å². The van der Waals surface area contributed by atoms with Crippen molar-refractivity contribution in [2.24, 2.45) is 5.73 Å². The summed E-state index contributed by atoms with van der Waals surface area (Å²) in [7, 11) is 0. The van der Waals surface area contributed by atoms with E-state index in [-0.39, 0.29) is 6.10 Å². The highest BCUT2D eigenvalue weighted by Crippen LogP contribution is 2.27. The topological polar surface area (TPSA) is 52.5 Å². The van der Waals surface area contributed by atoms with Crippen LogP contribution in [0.1, 0.15) is 25.1 Å². The predicted molar refractivity (Wildman–Crippen MR) is 93.9 cm³/mol. The van der Waals surface area contributed by atoms with Crippen molar-refractivity contribution in [3.63, 3.8) is 0 Å². The minimum atomic E-state index is 0.173. The van der Waals surface area contributed by atoms with Crippen LogP contribution < -0.4 is 10.5 Å². The Labute approximate surface area is 136 Å². The molecule has 0 fully saturated rings. The summed E-state index contributed by atoms with van der Waals surface area (Å²) in [4.78, 5) is 4.82. The quantitative estimate of drug-likeness (QED) is 0.783. The number of imidazole rings is 1. The Hall–Kier alpha value is -2.33. The molecule has 3 aromatic rings. The lowest BCUT2D eigenvalue weighted by atomic mass is 10.1. The Balaban J connectivity index is 2.05. The molecule has 0 amide bonds. The van der Waals surface area contributed by atoms with Crippen LogP contribution in [0.2, 0.25) is 0 Å². The highest BCUT2D eigenvalue weighted by Gasteiger charge is 2.13. The standard InChI is InChI=1S/C19H23N3O/c1-13(2)23-16-6-4-15(5-7-16)19-17(8-10-20)22-11-9-14(3)12-18(22)21-19/h4-7,9,11-13H,8,10,20H2,1-3H3. The van der Waals surface area contributed by atoms with Crippen LogP contribution in [0.4, 0.5) is 0 Å². The van der Waals surface area contributed by atoms with Gasteiger partial charge in [0.2, 0.25) is 0 Å². The maximum atomic E-state index is 5.81. The zero-order valence-electron chi connectivity index (χ0n) is 13.9. The molecule has 23 heavy (non-hydrogen) atoms. The molecule has 1 aromatic carbocycles. The molecule has 0 bridgehead atoms. The summed E-state index contributed by atoms with van der Waals surface area (Å²) in [5.74, 6) is 0.878. The van der Waals surface area contributed by atoms with Gasteiger partial charge in [-0.1, -0.05) is 0 Å². The third-order valence-corrected chi connectivity index (χ3v) is 3.76.